The van der Waals surface area contributed by atoms with Gasteiger partial charge in [0.1, 0.15) is 6.10 Å². The van der Waals surface area contributed by atoms with Gasteiger partial charge in [0.05, 0.1) is 40.0 Å². The Morgan fingerprint density at radius 2 is 1.62 bits per heavy atom. The average Bonchev–Trinajstić information content (AvgIpc) is 2.72. The first-order valence-electron chi connectivity index (χ1n) is 9.61. The predicted octanol–water partition coefficient (Wildman–Crippen LogP) is 4.01. The number of ether oxygens (including phenoxy) is 4. The molecule has 0 N–H and O–H groups in total. The molecule has 1 fully saturated rings. The topological polar surface area (TPSA) is 57.2 Å². The van der Waals surface area contributed by atoms with Crippen molar-refractivity contribution in [2.75, 3.05) is 34.5 Å². The molecule has 6 heteroatoms. The van der Waals surface area contributed by atoms with Crippen LogP contribution >= 0.6 is 0 Å². The zero-order chi connectivity index (χ0) is 21.2. The SMILES string of the molecule is COc1cc(C(=O)N2CC(c3ccc(C)cc3)OCC2(C)C)cc(OC)c1OC. The van der Waals surface area contributed by atoms with Crippen molar-refractivity contribution in [1.82, 2.24) is 4.90 Å². The fourth-order valence-corrected chi connectivity index (χ4v) is 3.55. The third kappa shape index (κ3) is 4.17. The highest BCUT2D eigenvalue weighted by Crippen LogP contribution is 2.39. The first-order valence-corrected chi connectivity index (χ1v) is 9.61. The summed E-state index contributed by atoms with van der Waals surface area (Å²) in [6, 6.07) is 11.6. The Kier molecular flexibility index (Phi) is 6.03. The molecule has 156 valence electrons. The van der Waals surface area contributed by atoms with Gasteiger partial charge >= 0.3 is 0 Å². The third-order valence-corrected chi connectivity index (χ3v) is 5.32. The van der Waals surface area contributed by atoms with E-state index in [1.165, 1.54) is 19.8 Å². The lowest BCUT2D eigenvalue weighted by molar-refractivity contribution is -0.0846. The number of hydrogen-bond acceptors (Lipinski definition) is 5. The van der Waals surface area contributed by atoms with Crippen LogP contribution in [0.4, 0.5) is 0 Å². The van der Waals surface area contributed by atoms with E-state index in [-0.39, 0.29) is 12.0 Å². The van der Waals surface area contributed by atoms with E-state index < -0.39 is 5.54 Å². The van der Waals surface area contributed by atoms with Gasteiger partial charge in [0.25, 0.3) is 5.91 Å². The van der Waals surface area contributed by atoms with Crippen LogP contribution in [-0.4, -0.2) is 50.8 Å². The monoisotopic (exact) mass is 399 g/mol. The molecule has 29 heavy (non-hydrogen) atoms. The predicted molar refractivity (Wildman–Crippen MR) is 111 cm³/mol. The molecule has 1 atom stereocenters. The molecule has 0 saturated carbocycles. The van der Waals surface area contributed by atoms with E-state index in [1.807, 2.05) is 18.7 Å². The summed E-state index contributed by atoms with van der Waals surface area (Å²) in [7, 11) is 4.62. The number of carbonyl (C=O) groups is 1. The van der Waals surface area contributed by atoms with Crippen molar-refractivity contribution in [2.24, 2.45) is 0 Å². The minimum absolute atomic E-state index is 0.102. The van der Waals surface area contributed by atoms with E-state index >= 15 is 0 Å². The molecular weight excluding hydrogens is 370 g/mol. The highest BCUT2D eigenvalue weighted by atomic mass is 16.5. The number of amides is 1. The molecule has 1 aliphatic heterocycles. The van der Waals surface area contributed by atoms with Crippen LogP contribution in [0.2, 0.25) is 0 Å². The van der Waals surface area contributed by atoms with Gasteiger partial charge in [-0.25, -0.2) is 0 Å². The summed E-state index contributed by atoms with van der Waals surface area (Å²) in [6.45, 7) is 6.98. The van der Waals surface area contributed by atoms with Crippen molar-refractivity contribution in [2.45, 2.75) is 32.4 Å². The van der Waals surface area contributed by atoms with Gasteiger partial charge in [-0.3, -0.25) is 4.79 Å². The molecular formula is C23H29NO5. The van der Waals surface area contributed by atoms with Crippen LogP contribution in [0.15, 0.2) is 36.4 Å². The van der Waals surface area contributed by atoms with E-state index in [0.29, 0.717) is 36.0 Å². The van der Waals surface area contributed by atoms with Crippen molar-refractivity contribution in [1.29, 1.82) is 0 Å². The van der Waals surface area contributed by atoms with Crippen LogP contribution in [0.1, 0.15) is 41.4 Å². The zero-order valence-electron chi connectivity index (χ0n) is 17.9. The van der Waals surface area contributed by atoms with E-state index in [2.05, 4.69) is 31.2 Å². The van der Waals surface area contributed by atoms with Crippen LogP contribution in [0.5, 0.6) is 17.2 Å². The van der Waals surface area contributed by atoms with Crippen LogP contribution in [0.3, 0.4) is 0 Å². The quantitative estimate of drug-likeness (QED) is 0.760. The fraction of sp³-hybridized carbons (Fsp3) is 0.435. The summed E-state index contributed by atoms with van der Waals surface area (Å²) in [5, 5.41) is 0. The van der Waals surface area contributed by atoms with Crippen LogP contribution < -0.4 is 14.2 Å². The van der Waals surface area contributed by atoms with Crippen LogP contribution in [0, 0.1) is 6.92 Å². The maximum atomic E-state index is 13.5. The molecule has 6 nitrogen and oxygen atoms in total. The molecule has 0 aliphatic carbocycles. The number of carbonyl (C=O) groups excluding carboxylic acids is 1. The van der Waals surface area contributed by atoms with E-state index in [9.17, 15) is 4.79 Å². The van der Waals surface area contributed by atoms with E-state index in [0.717, 1.165) is 5.56 Å². The first kappa shape index (κ1) is 21.0. The second-order valence-electron chi connectivity index (χ2n) is 7.85. The lowest BCUT2D eigenvalue weighted by atomic mass is 9.96. The highest BCUT2D eigenvalue weighted by molar-refractivity contribution is 5.96. The number of hydrogen-bond donors (Lipinski definition) is 0. The summed E-state index contributed by atoms with van der Waals surface area (Å²) in [5.41, 5.74) is 2.29. The van der Waals surface area contributed by atoms with E-state index in [1.54, 1.807) is 19.2 Å². The molecule has 3 rings (SSSR count). The molecule has 1 heterocycles. The Hall–Kier alpha value is -2.73. The van der Waals surface area contributed by atoms with Crippen molar-refractivity contribution in [3.05, 3.63) is 53.1 Å². The number of nitrogens with zero attached hydrogens (tertiary/aromatic N) is 1. The number of rotatable bonds is 5. The summed E-state index contributed by atoms with van der Waals surface area (Å²) in [5.74, 6) is 1.27. The smallest absolute Gasteiger partial charge is 0.254 e. The summed E-state index contributed by atoms with van der Waals surface area (Å²) < 4.78 is 22.3. The molecule has 1 unspecified atom stereocenters. The molecule has 0 aromatic heterocycles. The zero-order valence-corrected chi connectivity index (χ0v) is 17.9. The van der Waals surface area contributed by atoms with Crippen LogP contribution in [-0.2, 0) is 4.74 Å². The van der Waals surface area contributed by atoms with Gasteiger partial charge in [-0.1, -0.05) is 29.8 Å². The van der Waals surface area contributed by atoms with Crippen molar-refractivity contribution in [3.8, 4) is 17.2 Å². The van der Waals surface area contributed by atoms with Gasteiger partial charge in [-0.15, -0.1) is 0 Å². The summed E-state index contributed by atoms with van der Waals surface area (Å²) >= 11 is 0. The minimum atomic E-state index is -0.446. The largest absolute Gasteiger partial charge is 0.493 e. The molecule has 0 radical (unpaired) electrons. The van der Waals surface area contributed by atoms with Crippen molar-refractivity contribution >= 4 is 5.91 Å². The van der Waals surface area contributed by atoms with E-state index in [4.69, 9.17) is 18.9 Å². The van der Waals surface area contributed by atoms with Gasteiger partial charge in [0.15, 0.2) is 11.5 Å². The Labute approximate surface area is 172 Å². The summed E-state index contributed by atoms with van der Waals surface area (Å²) in [6.07, 6.45) is -0.172. The molecule has 2 aromatic carbocycles. The van der Waals surface area contributed by atoms with Gasteiger partial charge < -0.3 is 23.8 Å². The summed E-state index contributed by atoms with van der Waals surface area (Å²) in [4.78, 5) is 15.4. The van der Waals surface area contributed by atoms with Gasteiger partial charge in [0, 0.05) is 5.56 Å². The minimum Gasteiger partial charge on any atom is -0.493 e. The lowest BCUT2D eigenvalue weighted by Crippen LogP contribution is -2.56. The second kappa shape index (κ2) is 8.33. The maximum Gasteiger partial charge on any atom is 0.254 e. The van der Waals surface area contributed by atoms with Crippen LogP contribution in [0.25, 0.3) is 0 Å². The van der Waals surface area contributed by atoms with Gasteiger partial charge in [-0.2, -0.15) is 0 Å². The molecule has 1 saturated heterocycles. The number of morpholine rings is 1. The fourth-order valence-electron chi connectivity index (χ4n) is 3.55. The molecule has 2 aromatic rings. The molecule has 1 amide bonds. The number of methoxy groups -OCH3 is 3. The normalized spacial score (nSPS) is 18.3. The van der Waals surface area contributed by atoms with Gasteiger partial charge in [-0.05, 0) is 38.5 Å². The maximum absolute atomic E-state index is 13.5. The molecule has 0 bridgehead atoms. The molecule has 0 spiro atoms. The first-order chi connectivity index (χ1) is 13.8. The number of aryl methyl sites for hydroxylation is 1. The van der Waals surface area contributed by atoms with Crippen molar-refractivity contribution in [3.63, 3.8) is 0 Å². The number of benzene rings is 2. The Bertz CT molecular complexity index is 850. The molecule has 1 aliphatic rings. The Balaban J connectivity index is 1.94. The van der Waals surface area contributed by atoms with Crippen molar-refractivity contribution < 1.29 is 23.7 Å². The van der Waals surface area contributed by atoms with Gasteiger partial charge in [0.2, 0.25) is 5.75 Å². The third-order valence-electron chi connectivity index (χ3n) is 5.32. The lowest BCUT2D eigenvalue weighted by Gasteiger charge is -2.45. The highest BCUT2D eigenvalue weighted by Gasteiger charge is 2.39. The Morgan fingerprint density at radius 3 is 2.14 bits per heavy atom. The average molecular weight is 399 g/mol. The standard InChI is InChI=1S/C23H29NO5/c1-15-7-9-16(10-8-15)20-13-24(23(2,3)14-29-20)22(25)17-11-18(26-4)21(28-6)19(12-17)27-5/h7-12,20H,13-14H2,1-6H3. The Morgan fingerprint density at radius 1 is 1.03 bits per heavy atom. The second-order valence-corrected chi connectivity index (χ2v) is 7.85.